The van der Waals surface area contributed by atoms with Gasteiger partial charge >= 0.3 is 0 Å². The van der Waals surface area contributed by atoms with Gasteiger partial charge in [0, 0.05) is 18.5 Å². The zero-order chi connectivity index (χ0) is 15.7. The highest BCUT2D eigenvalue weighted by molar-refractivity contribution is 7.89. The lowest BCUT2D eigenvalue weighted by Gasteiger charge is -2.28. The van der Waals surface area contributed by atoms with Crippen LogP contribution in [0.1, 0.15) is 26.2 Å². The average Bonchev–Trinajstić information content (AvgIpc) is 2.82. The number of nitrogens with zero attached hydrogens (tertiary/aromatic N) is 1. The second-order valence-electron chi connectivity index (χ2n) is 5.71. The summed E-state index contributed by atoms with van der Waals surface area (Å²) in [6.07, 6.45) is 2.43. The number of benzene rings is 1. The van der Waals surface area contributed by atoms with Crippen molar-refractivity contribution in [3.8, 4) is 0 Å². The minimum absolute atomic E-state index is 0.0104. The molecule has 1 aliphatic heterocycles. The van der Waals surface area contributed by atoms with E-state index in [0.717, 1.165) is 12.8 Å². The van der Waals surface area contributed by atoms with E-state index in [1.54, 1.807) is 4.90 Å². The SMILES string of the molecule is CCCC1(CO)CCN(c2c(F)cccc2S(N)(=O)=O)C1. The highest BCUT2D eigenvalue weighted by Crippen LogP contribution is 2.39. The third-order valence-corrected chi connectivity index (χ3v) is 5.07. The van der Waals surface area contributed by atoms with Crippen molar-refractivity contribution in [3.63, 3.8) is 0 Å². The molecule has 0 spiro atoms. The molecule has 0 radical (unpaired) electrons. The van der Waals surface area contributed by atoms with Gasteiger partial charge in [0.2, 0.25) is 10.0 Å². The number of aliphatic hydroxyl groups excluding tert-OH is 1. The summed E-state index contributed by atoms with van der Waals surface area (Å²) < 4.78 is 37.5. The molecule has 0 bridgehead atoms. The molecule has 1 aliphatic rings. The second-order valence-corrected chi connectivity index (χ2v) is 7.24. The summed E-state index contributed by atoms with van der Waals surface area (Å²) in [6.45, 7) is 2.97. The van der Waals surface area contributed by atoms with Crippen molar-refractivity contribution in [1.29, 1.82) is 0 Å². The minimum atomic E-state index is -3.99. The number of primary sulfonamides is 1. The van der Waals surface area contributed by atoms with E-state index in [-0.39, 0.29) is 22.6 Å². The fourth-order valence-corrected chi connectivity index (χ4v) is 3.86. The molecule has 1 fully saturated rings. The minimum Gasteiger partial charge on any atom is -0.396 e. The molecular weight excluding hydrogens is 295 g/mol. The van der Waals surface area contributed by atoms with Crippen LogP contribution in [0.25, 0.3) is 0 Å². The van der Waals surface area contributed by atoms with E-state index in [1.807, 2.05) is 6.92 Å². The van der Waals surface area contributed by atoms with Crippen LogP contribution in [0.3, 0.4) is 0 Å². The van der Waals surface area contributed by atoms with Crippen LogP contribution >= 0.6 is 0 Å². The largest absolute Gasteiger partial charge is 0.396 e. The van der Waals surface area contributed by atoms with Crippen LogP contribution in [-0.2, 0) is 10.0 Å². The predicted octanol–water partition coefficient (Wildman–Crippen LogP) is 1.46. The van der Waals surface area contributed by atoms with Crippen LogP contribution in [0.15, 0.2) is 23.1 Å². The molecule has 1 atom stereocenters. The van der Waals surface area contributed by atoms with Gasteiger partial charge in [-0.1, -0.05) is 19.4 Å². The smallest absolute Gasteiger partial charge is 0.240 e. The van der Waals surface area contributed by atoms with Gasteiger partial charge in [0.05, 0.1) is 12.3 Å². The first-order chi connectivity index (χ1) is 9.83. The van der Waals surface area contributed by atoms with E-state index < -0.39 is 15.8 Å². The monoisotopic (exact) mass is 316 g/mol. The van der Waals surface area contributed by atoms with Crippen LogP contribution in [-0.4, -0.2) is 33.2 Å². The number of sulfonamides is 1. The molecule has 0 aliphatic carbocycles. The number of halogens is 1. The first kappa shape index (κ1) is 16.2. The molecule has 3 N–H and O–H groups in total. The number of rotatable bonds is 5. The van der Waals surface area contributed by atoms with Crippen molar-refractivity contribution in [1.82, 2.24) is 0 Å². The number of hydrogen-bond acceptors (Lipinski definition) is 4. The Balaban J connectivity index is 2.41. The number of anilines is 1. The zero-order valence-corrected chi connectivity index (χ0v) is 12.9. The van der Waals surface area contributed by atoms with Crippen LogP contribution in [0.4, 0.5) is 10.1 Å². The third-order valence-electron chi connectivity index (χ3n) is 4.13. The fraction of sp³-hybridized carbons (Fsp3) is 0.571. The Morgan fingerprint density at radius 2 is 2.19 bits per heavy atom. The summed E-state index contributed by atoms with van der Waals surface area (Å²) in [5.74, 6) is -0.605. The molecule has 1 heterocycles. The lowest BCUT2D eigenvalue weighted by molar-refractivity contribution is 0.134. The van der Waals surface area contributed by atoms with Gasteiger partial charge in [0.1, 0.15) is 10.7 Å². The molecule has 1 saturated heterocycles. The molecule has 2 rings (SSSR count). The maximum absolute atomic E-state index is 14.1. The molecule has 0 aromatic heterocycles. The van der Waals surface area contributed by atoms with Crippen molar-refractivity contribution in [2.45, 2.75) is 31.1 Å². The Bertz CT molecular complexity index is 621. The summed E-state index contributed by atoms with van der Waals surface area (Å²) >= 11 is 0. The lowest BCUT2D eigenvalue weighted by Crippen LogP contribution is -2.31. The standard InChI is InChI=1S/C14H21FN2O3S/c1-2-6-14(10-18)7-8-17(9-14)13-11(15)4-3-5-12(13)21(16,19)20/h3-5,18H,2,6-10H2,1H3,(H2,16,19,20). The maximum Gasteiger partial charge on any atom is 0.240 e. The van der Waals surface area contributed by atoms with Crippen molar-refractivity contribution in [2.24, 2.45) is 10.6 Å². The summed E-state index contributed by atoms with van der Waals surface area (Å²) in [4.78, 5) is 1.48. The Labute approximate surface area is 124 Å². The highest BCUT2D eigenvalue weighted by Gasteiger charge is 2.39. The number of aliphatic hydroxyl groups is 1. The fourth-order valence-electron chi connectivity index (χ4n) is 3.10. The van der Waals surface area contributed by atoms with Crippen molar-refractivity contribution < 1.29 is 17.9 Å². The van der Waals surface area contributed by atoms with Crippen LogP contribution in [0, 0.1) is 11.2 Å². The number of nitrogens with two attached hydrogens (primary N) is 1. The van der Waals surface area contributed by atoms with E-state index in [0.29, 0.717) is 19.5 Å². The molecule has 0 saturated carbocycles. The highest BCUT2D eigenvalue weighted by atomic mass is 32.2. The lowest BCUT2D eigenvalue weighted by atomic mass is 9.83. The average molecular weight is 316 g/mol. The van der Waals surface area contributed by atoms with Gasteiger partial charge in [-0.05, 0) is 25.0 Å². The van der Waals surface area contributed by atoms with E-state index in [2.05, 4.69) is 0 Å². The van der Waals surface area contributed by atoms with E-state index in [1.165, 1.54) is 18.2 Å². The van der Waals surface area contributed by atoms with Crippen LogP contribution in [0.2, 0.25) is 0 Å². The quantitative estimate of drug-likeness (QED) is 0.861. The molecule has 1 aromatic rings. The van der Waals surface area contributed by atoms with Crippen LogP contribution < -0.4 is 10.0 Å². The summed E-state index contributed by atoms with van der Waals surface area (Å²) in [5.41, 5.74) is -0.279. The van der Waals surface area contributed by atoms with Gasteiger partial charge in [-0.2, -0.15) is 0 Å². The zero-order valence-electron chi connectivity index (χ0n) is 12.0. The molecule has 1 unspecified atom stereocenters. The molecule has 21 heavy (non-hydrogen) atoms. The molecule has 1 aromatic carbocycles. The summed E-state index contributed by atoms with van der Waals surface area (Å²) in [6, 6.07) is 3.87. The van der Waals surface area contributed by atoms with Gasteiger partial charge in [0.25, 0.3) is 0 Å². The maximum atomic E-state index is 14.1. The van der Waals surface area contributed by atoms with E-state index >= 15 is 0 Å². The van der Waals surface area contributed by atoms with Gasteiger partial charge in [0.15, 0.2) is 0 Å². The third kappa shape index (κ3) is 3.20. The number of hydrogen-bond donors (Lipinski definition) is 2. The Kier molecular flexibility index (Phi) is 4.55. The first-order valence-electron chi connectivity index (χ1n) is 7.00. The second kappa shape index (κ2) is 5.90. The predicted molar refractivity (Wildman–Crippen MR) is 79.0 cm³/mol. The van der Waals surface area contributed by atoms with E-state index in [9.17, 15) is 17.9 Å². The van der Waals surface area contributed by atoms with Gasteiger partial charge in [-0.15, -0.1) is 0 Å². The molecular formula is C14H21FN2O3S. The molecule has 118 valence electrons. The van der Waals surface area contributed by atoms with Gasteiger partial charge < -0.3 is 10.0 Å². The topological polar surface area (TPSA) is 83.6 Å². The Morgan fingerprint density at radius 3 is 2.76 bits per heavy atom. The van der Waals surface area contributed by atoms with Gasteiger partial charge in [-0.3, -0.25) is 0 Å². The van der Waals surface area contributed by atoms with Gasteiger partial charge in [-0.25, -0.2) is 17.9 Å². The normalized spacial score (nSPS) is 22.8. The van der Waals surface area contributed by atoms with E-state index in [4.69, 9.17) is 5.14 Å². The Morgan fingerprint density at radius 1 is 1.48 bits per heavy atom. The van der Waals surface area contributed by atoms with Crippen molar-refractivity contribution in [2.75, 3.05) is 24.6 Å². The summed E-state index contributed by atoms with van der Waals surface area (Å²) in [7, 11) is -3.99. The summed E-state index contributed by atoms with van der Waals surface area (Å²) in [5, 5.41) is 14.8. The van der Waals surface area contributed by atoms with Crippen LogP contribution in [0.5, 0.6) is 0 Å². The Hall–Kier alpha value is -1.18. The molecule has 7 heteroatoms. The molecule has 0 amide bonds. The molecule has 5 nitrogen and oxygen atoms in total. The van der Waals surface area contributed by atoms with Crippen molar-refractivity contribution in [3.05, 3.63) is 24.0 Å². The first-order valence-corrected chi connectivity index (χ1v) is 8.55. The van der Waals surface area contributed by atoms with Crippen molar-refractivity contribution >= 4 is 15.7 Å². The number of para-hydroxylation sites is 1.